The van der Waals surface area contributed by atoms with Crippen LogP contribution in [-0.2, 0) is 0 Å². The molecule has 0 saturated heterocycles. The van der Waals surface area contributed by atoms with E-state index in [1.54, 1.807) is 11.3 Å². The van der Waals surface area contributed by atoms with Crippen LogP contribution in [0, 0.1) is 0 Å². The first-order chi connectivity index (χ1) is 11.8. The Labute approximate surface area is 147 Å². The second-order valence-electron chi connectivity index (χ2n) is 5.05. The van der Waals surface area contributed by atoms with Crippen LogP contribution in [0.3, 0.4) is 0 Å². The van der Waals surface area contributed by atoms with Gasteiger partial charge in [0.15, 0.2) is 5.69 Å². The Morgan fingerprint density at radius 2 is 2.17 bits per heavy atom. The van der Waals surface area contributed by atoms with E-state index >= 15 is 0 Å². The molecule has 24 heavy (non-hydrogen) atoms. The topological polar surface area (TPSA) is 59.9 Å². The second kappa shape index (κ2) is 6.62. The summed E-state index contributed by atoms with van der Waals surface area (Å²) in [5.41, 5.74) is 2.55. The molecular weight excluding hydrogens is 340 g/mol. The highest BCUT2D eigenvalue weighted by Gasteiger charge is 2.26. The number of rotatable bonds is 4. The minimum Gasteiger partial charge on any atom is -0.447 e. The molecule has 1 N–H and O–H groups in total. The molecule has 0 saturated carbocycles. The molecule has 1 aliphatic rings. The molecule has 1 aromatic carbocycles. The number of para-hydroxylation sites is 1. The van der Waals surface area contributed by atoms with E-state index in [2.05, 4.69) is 27.1 Å². The monoisotopic (exact) mass is 354 g/mol. The zero-order chi connectivity index (χ0) is 16.4. The van der Waals surface area contributed by atoms with Gasteiger partial charge in [0.2, 0.25) is 17.3 Å². The molecule has 0 amide bonds. The summed E-state index contributed by atoms with van der Waals surface area (Å²) in [6.45, 7) is 3.72. The molecule has 4 rings (SSSR count). The van der Waals surface area contributed by atoms with E-state index in [-0.39, 0.29) is 6.23 Å². The first kappa shape index (κ1) is 15.2. The maximum Gasteiger partial charge on any atom is 0.247 e. The Balaban J connectivity index is 1.80. The minimum absolute atomic E-state index is 0.304. The third-order valence-corrected chi connectivity index (χ3v) is 5.21. The van der Waals surface area contributed by atoms with Crippen molar-refractivity contribution in [2.45, 2.75) is 11.4 Å². The smallest absolute Gasteiger partial charge is 0.247 e. The van der Waals surface area contributed by atoms with Crippen LogP contribution >= 0.6 is 23.1 Å². The van der Waals surface area contributed by atoms with Crippen LogP contribution in [0.2, 0.25) is 0 Å². The van der Waals surface area contributed by atoms with Gasteiger partial charge in [0.1, 0.15) is 0 Å². The highest BCUT2D eigenvalue weighted by molar-refractivity contribution is 7.99. The number of ether oxygens (including phenoxy) is 1. The molecule has 0 radical (unpaired) electrons. The maximum absolute atomic E-state index is 6.15. The largest absolute Gasteiger partial charge is 0.447 e. The first-order valence-corrected chi connectivity index (χ1v) is 9.26. The van der Waals surface area contributed by atoms with Gasteiger partial charge in [-0.3, -0.25) is 0 Å². The zero-order valence-corrected chi connectivity index (χ0v) is 14.3. The summed E-state index contributed by atoms with van der Waals surface area (Å²) in [5.74, 6) is 1.22. The Bertz CT molecular complexity index is 867. The van der Waals surface area contributed by atoms with Crippen molar-refractivity contribution >= 4 is 28.8 Å². The van der Waals surface area contributed by atoms with Crippen LogP contribution in [0.5, 0.6) is 5.88 Å². The lowest BCUT2D eigenvalue weighted by atomic mass is 10.1. The van der Waals surface area contributed by atoms with Gasteiger partial charge in [0, 0.05) is 17.0 Å². The molecule has 3 aromatic rings. The fourth-order valence-corrected chi connectivity index (χ4v) is 3.63. The Morgan fingerprint density at radius 1 is 1.25 bits per heavy atom. The van der Waals surface area contributed by atoms with Gasteiger partial charge in [-0.05, 0) is 17.5 Å². The van der Waals surface area contributed by atoms with Gasteiger partial charge in [-0.25, -0.2) is 0 Å². The standard InChI is InChI=1S/C17H14N4OS2/c1-2-9-24-17-19-16-14(20-21-17)11-6-3-4-7-12(11)18-15(22-16)13-8-5-10-23-13/h2-8,10,15,18H,1,9H2/t15-/m0/s1. The highest BCUT2D eigenvalue weighted by Crippen LogP contribution is 2.40. The quantitative estimate of drug-likeness (QED) is 0.554. The van der Waals surface area contributed by atoms with Gasteiger partial charge in [0.25, 0.3) is 0 Å². The lowest BCUT2D eigenvalue weighted by Crippen LogP contribution is -2.15. The number of hydrogen-bond acceptors (Lipinski definition) is 7. The lowest BCUT2D eigenvalue weighted by molar-refractivity contribution is 0.229. The van der Waals surface area contributed by atoms with Crippen molar-refractivity contribution in [1.29, 1.82) is 0 Å². The summed E-state index contributed by atoms with van der Waals surface area (Å²) in [7, 11) is 0. The van der Waals surface area contributed by atoms with Crippen molar-refractivity contribution in [1.82, 2.24) is 15.2 Å². The van der Waals surface area contributed by atoms with Crippen molar-refractivity contribution in [2.75, 3.05) is 11.1 Å². The molecule has 5 nitrogen and oxygen atoms in total. The molecule has 0 unspecified atom stereocenters. The summed E-state index contributed by atoms with van der Waals surface area (Å²) in [5, 5.41) is 14.6. The van der Waals surface area contributed by atoms with Crippen LogP contribution in [-0.4, -0.2) is 20.9 Å². The molecular formula is C17H14N4OS2. The SMILES string of the molecule is C=CCSc1nnc2c(n1)O[C@@H](c1cccs1)Nc1ccccc1-2. The number of nitrogens with one attached hydrogen (secondary N) is 1. The molecule has 1 atom stereocenters. The van der Waals surface area contributed by atoms with Gasteiger partial charge < -0.3 is 10.1 Å². The molecule has 0 spiro atoms. The fourth-order valence-electron chi connectivity index (χ4n) is 2.41. The third-order valence-electron chi connectivity index (χ3n) is 3.47. The highest BCUT2D eigenvalue weighted by atomic mass is 32.2. The number of thioether (sulfide) groups is 1. The fraction of sp³-hybridized carbons (Fsp3) is 0.118. The number of hydrogen-bond donors (Lipinski definition) is 1. The van der Waals surface area contributed by atoms with Crippen LogP contribution in [0.1, 0.15) is 11.1 Å². The first-order valence-electron chi connectivity index (χ1n) is 7.39. The minimum atomic E-state index is -0.304. The van der Waals surface area contributed by atoms with E-state index in [1.807, 2.05) is 47.9 Å². The Kier molecular flexibility index (Phi) is 4.18. The maximum atomic E-state index is 6.15. The van der Waals surface area contributed by atoms with E-state index in [9.17, 15) is 0 Å². The number of thiophene rings is 1. The van der Waals surface area contributed by atoms with Gasteiger partial charge >= 0.3 is 0 Å². The molecule has 3 heterocycles. The van der Waals surface area contributed by atoms with Crippen LogP contribution in [0.25, 0.3) is 11.3 Å². The summed E-state index contributed by atoms with van der Waals surface area (Å²) in [6, 6.07) is 12.0. The third kappa shape index (κ3) is 2.88. The van der Waals surface area contributed by atoms with Gasteiger partial charge in [0.05, 0.1) is 4.88 Å². The summed E-state index contributed by atoms with van der Waals surface area (Å²) >= 11 is 3.12. The lowest BCUT2D eigenvalue weighted by Gasteiger charge is -2.17. The van der Waals surface area contributed by atoms with Crippen molar-refractivity contribution < 1.29 is 4.74 Å². The molecule has 1 aliphatic heterocycles. The number of benzene rings is 1. The molecule has 0 bridgehead atoms. The normalized spacial score (nSPS) is 15.4. The van der Waals surface area contributed by atoms with Crippen LogP contribution in [0.4, 0.5) is 5.69 Å². The summed E-state index contributed by atoms with van der Waals surface area (Å²) < 4.78 is 6.15. The predicted octanol–water partition coefficient (Wildman–Crippen LogP) is 4.38. The Morgan fingerprint density at radius 3 is 3.00 bits per heavy atom. The van der Waals surface area contributed by atoms with E-state index in [0.29, 0.717) is 16.7 Å². The van der Waals surface area contributed by atoms with Crippen LogP contribution < -0.4 is 10.1 Å². The predicted molar refractivity (Wildman–Crippen MR) is 97.5 cm³/mol. The molecule has 2 aromatic heterocycles. The van der Waals surface area contributed by atoms with Crippen LogP contribution in [0.15, 0.2) is 59.6 Å². The average Bonchev–Trinajstić information content (AvgIpc) is 3.09. The number of fused-ring (bicyclic) bond motifs is 3. The average molecular weight is 354 g/mol. The molecule has 7 heteroatoms. The van der Waals surface area contributed by atoms with E-state index in [1.165, 1.54) is 11.8 Å². The summed E-state index contributed by atoms with van der Waals surface area (Å²) in [6.07, 6.45) is 1.51. The van der Waals surface area contributed by atoms with E-state index in [4.69, 9.17) is 4.74 Å². The van der Waals surface area contributed by atoms with E-state index < -0.39 is 0 Å². The zero-order valence-electron chi connectivity index (χ0n) is 12.7. The number of aromatic nitrogens is 3. The molecule has 0 aliphatic carbocycles. The Hall–Kier alpha value is -2.38. The van der Waals surface area contributed by atoms with Crippen molar-refractivity contribution in [3.05, 3.63) is 59.3 Å². The van der Waals surface area contributed by atoms with Gasteiger partial charge in [-0.2, -0.15) is 4.98 Å². The van der Waals surface area contributed by atoms with Gasteiger partial charge in [-0.15, -0.1) is 28.1 Å². The van der Waals surface area contributed by atoms with Crippen molar-refractivity contribution in [3.8, 4) is 17.1 Å². The van der Waals surface area contributed by atoms with Crippen molar-refractivity contribution in [3.63, 3.8) is 0 Å². The summed E-state index contributed by atoms with van der Waals surface area (Å²) in [4.78, 5) is 5.63. The van der Waals surface area contributed by atoms with Crippen molar-refractivity contribution in [2.24, 2.45) is 0 Å². The number of nitrogens with zero attached hydrogens (tertiary/aromatic N) is 3. The number of anilines is 1. The molecule has 0 fully saturated rings. The van der Waals surface area contributed by atoms with E-state index in [0.717, 1.165) is 21.9 Å². The van der Waals surface area contributed by atoms with Gasteiger partial charge in [-0.1, -0.05) is 42.1 Å². The second-order valence-corrected chi connectivity index (χ2v) is 7.02. The molecule has 120 valence electrons.